The van der Waals surface area contributed by atoms with Crippen molar-refractivity contribution in [3.05, 3.63) is 35.1 Å². The zero-order chi connectivity index (χ0) is 13.9. The topological polar surface area (TPSA) is 12.0 Å². The normalized spacial score (nSPS) is 19.9. The van der Waals surface area contributed by atoms with Gasteiger partial charge in [-0.1, -0.05) is 0 Å². The monoisotopic (exact) mass is 293 g/mol. The molecule has 1 heterocycles. The van der Waals surface area contributed by atoms with Crippen LogP contribution < -0.4 is 5.32 Å². The lowest BCUT2D eigenvalue weighted by atomic mass is 10.1. The Balaban J connectivity index is 1.94. The first kappa shape index (κ1) is 14.7. The highest BCUT2D eigenvalue weighted by molar-refractivity contribution is 7.99. The van der Waals surface area contributed by atoms with E-state index >= 15 is 0 Å². The molecule has 1 aliphatic rings. The molecule has 1 aliphatic heterocycles. The minimum absolute atomic E-state index is 0.266. The second-order valence-electron chi connectivity index (χ2n) is 4.71. The number of benzene rings is 1. The standard InChI is InChI=1S/C13H15F4NS/c14-12-4-10(3-11(5-12)13(15,16)17)7-18-6-9-1-2-19-8-9/h3-5,9,18H,1-2,6-8H2. The van der Waals surface area contributed by atoms with E-state index in [1.807, 2.05) is 11.8 Å². The molecule has 2 rings (SSSR count). The first-order valence-corrected chi connectivity index (χ1v) is 7.26. The molecule has 6 heteroatoms. The minimum Gasteiger partial charge on any atom is -0.312 e. The van der Waals surface area contributed by atoms with Crippen LogP contribution in [0.4, 0.5) is 17.6 Å². The Labute approximate surface area is 113 Å². The molecule has 106 valence electrons. The number of halogens is 4. The highest BCUT2D eigenvalue weighted by Crippen LogP contribution is 2.30. The van der Waals surface area contributed by atoms with Crippen LogP contribution in [0.5, 0.6) is 0 Å². The molecule has 1 N–H and O–H groups in total. The molecule has 1 saturated heterocycles. The van der Waals surface area contributed by atoms with Crippen LogP contribution in [-0.4, -0.2) is 18.1 Å². The average Bonchev–Trinajstić information content (AvgIpc) is 2.80. The molecule has 0 amide bonds. The van der Waals surface area contributed by atoms with Gasteiger partial charge in [-0.05, 0) is 54.2 Å². The summed E-state index contributed by atoms with van der Waals surface area (Å²) in [6, 6.07) is 2.67. The van der Waals surface area contributed by atoms with Crippen LogP contribution >= 0.6 is 11.8 Å². The lowest BCUT2D eigenvalue weighted by molar-refractivity contribution is -0.137. The van der Waals surface area contributed by atoms with Crippen LogP contribution in [-0.2, 0) is 12.7 Å². The van der Waals surface area contributed by atoms with Gasteiger partial charge >= 0.3 is 6.18 Å². The largest absolute Gasteiger partial charge is 0.416 e. The van der Waals surface area contributed by atoms with Gasteiger partial charge in [0.05, 0.1) is 5.56 Å². The van der Waals surface area contributed by atoms with Gasteiger partial charge in [-0.25, -0.2) is 4.39 Å². The number of thioether (sulfide) groups is 1. The zero-order valence-electron chi connectivity index (χ0n) is 10.3. The van der Waals surface area contributed by atoms with Crippen LogP contribution in [0.15, 0.2) is 18.2 Å². The van der Waals surface area contributed by atoms with Crippen LogP contribution in [0.3, 0.4) is 0 Å². The van der Waals surface area contributed by atoms with Crippen molar-refractivity contribution in [1.29, 1.82) is 0 Å². The Morgan fingerprint density at radius 2 is 2.05 bits per heavy atom. The number of hydrogen-bond donors (Lipinski definition) is 1. The molecule has 0 aliphatic carbocycles. The maximum Gasteiger partial charge on any atom is 0.416 e. The fourth-order valence-electron chi connectivity index (χ4n) is 2.08. The van der Waals surface area contributed by atoms with Crippen LogP contribution in [0.2, 0.25) is 0 Å². The molecular weight excluding hydrogens is 278 g/mol. The summed E-state index contributed by atoms with van der Waals surface area (Å²) in [6.07, 6.45) is -3.37. The molecule has 19 heavy (non-hydrogen) atoms. The van der Waals surface area contributed by atoms with E-state index in [0.717, 1.165) is 36.6 Å². The minimum atomic E-state index is -4.50. The third-order valence-electron chi connectivity index (χ3n) is 3.07. The van der Waals surface area contributed by atoms with Crippen LogP contribution in [0, 0.1) is 11.7 Å². The summed E-state index contributed by atoms with van der Waals surface area (Å²) in [5, 5.41) is 3.10. The molecule has 0 aromatic heterocycles. The Morgan fingerprint density at radius 1 is 1.26 bits per heavy atom. The van der Waals surface area contributed by atoms with Gasteiger partial charge in [0.1, 0.15) is 5.82 Å². The summed E-state index contributed by atoms with van der Waals surface area (Å²) < 4.78 is 50.7. The predicted octanol–water partition coefficient (Wildman–Crippen LogP) is 3.69. The second kappa shape index (κ2) is 6.13. The second-order valence-corrected chi connectivity index (χ2v) is 5.86. The van der Waals surface area contributed by atoms with Gasteiger partial charge in [0.25, 0.3) is 0 Å². The fraction of sp³-hybridized carbons (Fsp3) is 0.538. The Bertz CT molecular complexity index is 427. The Morgan fingerprint density at radius 3 is 2.68 bits per heavy atom. The maximum absolute atomic E-state index is 13.2. The number of nitrogens with one attached hydrogen (secondary N) is 1. The zero-order valence-corrected chi connectivity index (χ0v) is 11.1. The predicted molar refractivity (Wildman–Crippen MR) is 68.5 cm³/mol. The summed E-state index contributed by atoms with van der Waals surface area (Å²) in [7, 11) is 0. The van der Waals surface area contributed by atoms with E-state index in [2.05, 4.69) is 5.32 Å². The number of hydrogen-bond acceptors (Lipinski definition) is 2. The van der Waals surface area contributed by atoms with Gasteiger partial charge in [0.2, 0.25) is 0 Å². The highest BCUT2D eigenvalue weighted by atomic mass is 32.2. The van der Waals surface area contributed by atoms with E-state index < -0.39 is 17.6 Å². The first-order chi connectivity index (χ1) is 8.95. The molecule has 0 bridgehead atoms. The first-order valence-electron chi connectivity index (χ1n) is 6.10. The molecule has 0 radical (unpaired) electrons. The van der Waals surface area contributed by atoms with Crippen molar-refractivity contribution in [3.8, 4) is 0 Å². The van der Waals surface area contributed by atoms with Gasteiger partial charge in [-0.15, -0.1) is 0 Å². The molecule has 1 nitrogen and oxygen atoms in total. The SMILES string of the molecule is Fc1cc(CNCC2CCSC2)cc(C(F)(F)F)c1. The van der Waals surface area contributed by atoms with Gasteiger partial charge in [0.15, 0.2) is 0 Å². The van der Waals surface area contributed by atoms with E-state index in [1.165, 1.54) is 0 Å². The van der Waals surface area contributed by atoms with E-state index in [0.29, 0.717) is 17.5 Å². The van der Waals surface area contributed by atoms with Crippen LogP contribution in [0.25, 0.3) is 0 Å². The lowest BCUT2D eigenvalue weighted by Crippen LogP contribution is -2.22. The summed E-state index contributed by atoms with van der Waals surface area (Å²) >= 11 is 1.89. The molecule has 1 fully saturated rings. The van der Waals surface area contributed by atoms with Crippen molar-refractivity contribution in [2.45, 2.75) is 19.1 Å². The fourth-order valence-corrected chi connectivity index (χ4v) is 3.37. The van der Waals surface area contributed by atoms with E-state index in [9.17, 15) is 17.6 Å². The van der Waals surface area contributed by atoms with Crippen molar-refractivity contribution >= 4 is 11.8 Å². The van der Waals surface area contributed by atoms with Crippen molar-refractivity contribution in [3.63, 3.8) is 0 Å². The quantitative estimate of drug-likeness (QED) is 0.850. The summed E-state index contributed by atoms with van der Waals surface area (Å²) in [5.41, 5.74) is -0.598. The van der Waals surface area contributed by atoms with E-state index in [1.54, 1.807) is 0 Å². The molecule has 1 aromatic carbocycles. The van der Waals surface area contributed by atoms with Gasteiger partial charge in [0, 0.05) is 6.54 Å². The van der Waals surface area contributed by atoms with E-state index in [-0.39, 0.29) is 6.54 Å². The van der Waals surface area contributed by atoms with Gasteiger partial charge in [-0.2, -0.15) is 24.9 Å². The Kier molecular flexibility index (Phi) is 4.73. The summed E-state index contributed by atoms with van der Waals surface area (Å²) in [4.78, 5) is 0. The molecule has 0 spiro atoms. The lowest BCUT2D eigenvalue weighted by Gasteiger charge is -2.12. The van der Waals surface area contributed by atoms with Crippen molar-refractivity contribution in [2.24, 2.45) is 5.92 Å². The van der Waals surface area contributed by atoms with Crippen molar-refractivity contribution < 1.29 is 17.6 Å². The summed E-state index contributed by atoms with van der Waals surface area (Å²) in [6.45, 7) is 1.03. The number of rotatable bonds is 4. The number of alkyl halides is 3. The van der Waals surface area contributed by atoms with Crippen molar-refractivity contribution in [1.82, 2.24) is 5.32 Å². The summed E-state index contributed by atoms with van der Waals surface area (Å²) in [5.74, 6) is 1.96. The molecule has 1 aromatic rings. The van der Waals surface area contributed by atoms with Gasteiger partial charge < -0.3 is 5.32 Å². The molecule has 0 saturated carbocycles. The maximum atomic E-state index is 13.2. The van der Waals surface area contributed by atoms with Crippen molar-refractivity contribution in [2.75, 3.05) is 18.1 Å². The molecule has 1 unspecified atom stereocenters. The Hall–Kier alpha value is -0.750. The third kappa shape index (κ3) is 4.38. The van der Waals surface area contributed by atoms with Crippen LogP contribution in [0.1, 0.15) is 17.5 Å². The smallest absolute Gasteiger partial charge is 0.312 e. The third-order valence-corrected chi connectivity index (χ3v) is 4.30. The average molecular weight is 293 g/mol. The highest BCUT2D eigenvalue weighted by Gasteiger charge is 2.31. The van der Waals surface area contributed by atoms with Gasteiger partial charge in [-0.3, -0.25) is 0 Å². The van der Waals surface area contributed by atoms with E-state index in [4.69, 9.17) is 0 Å². The molecular formula is C13H15F4NS. The molecule has 1 atom stereocenters.